The maximum absolute atomic E-state index is 13.5. The topological polar surface area (TPSA) is 144 Å². The third-order valence-electron chi connectivity index (χ3n) is 5.11. The summed E-state index contributed by atoms with van der Waals surface area (Å²) in [7, 11) is -3.29. The Bertz CT molecular complexity index is 897. The molecule has 1 aromatic carbocycles. The molecule has 0 radical (unpaired) electrons. The lowest BCUT2D eigenvalue weighted by Gasteiger charge is -2.21. The molecule has 1 atom stereocenters. The molecule has 0 aromatic heterocycles. The Morgan fingerprint density at radius 1 is 1.03 bits per heavy atom. The summed E-state index contributed by atoms with van der Waals surface area (Å²) < 4.78 is 38.3. The number of alkyl halides is 1. The average molecular weight is 533 g/mol. The van der Waals surface area contributed by atoms with Gasteiger partial charge in [0.25, 0.3) is 0 Å². The van der Waals surface area contributed by atoms with Crippen molar-refractivity contribution in [2.75, 3.05) is 30.6 Å². The summed E-state index contributed by atoms with van der Waals surface area (Å²) in [6.45, 7) is 8.30. The molecule has 1 aromatic rings. The number of benzene rings is 1. The van der Waals surface area contributed by atoms with Gasteiger partial charge in [-0.2, -0.15) is 0 Å². The molecule has 9 nitrogen and oxygen atoms in total. The number of carbonyl (C=O) groups is 2. The summed E-state index contributed by atoms with van der Waals surface area (Å²) in [6, 6.07) is 6.83. The molecule has 0 aliphatic carbocycles. The van der Waals surface area contributed by atoms with E-state index in [9.17, 15) is 27.5 Å². The van der Waals surface area contributed by atoms with Crippen molar-refractivity contribution >= 4 is 27.6 Å². The monoisotopic (exact) mass is 532 g/mol. The fourth-order valence-corrected chi connectivity index (χ4v) is 3.85. The number of anilines is 1. The molecule has 0 bridgehead atoms. The number of halogens is 1. The van der Waals surface area contributed by atoms with Gasteiger partial charge in [-0.05, 0) is 76.9 Å². The first-order valence-corrected chi connectivity index (χ1v) is 13.8. The van der Waals surface area contributed by atoms with E-state index in [1.54, 1.807) is 38.1 Å². The van der Waals surface area contributed by atoms with Crippen molar-refractivity contribution < 1.29 is 37.7 Å². The van der Waals surface area contributed by atoms with E-state index in [1.807, 2.05) is 0 Å². The Morgan fingerprint density at radius 3 is 2.00 bits per heavy atom. The summed E-state index contributed by atoms with van der Waals surface area (Å²) in [5.74, 6) is -2.51. The third-order valence-corrected chi connectivity index (χ3v) is 5.72. The van der Waals surface area contributed by atoms with E-state index in [2.05, 4.69) is 16.5 Å². The van der Waals surface area contributed by atoms with Gasteiger partial charge in [0, 0.05) is 17.8 Å². The molecule has 0 aliphatic rings. The molecule has 0 unspecified atom stereocenters. The molecule has 206 valence electrons. The van der Waals surface area contributed by atoms with Crippen molar-refractivity contribution in [3.8, 4) is 0 Å². The van der Waals surface area contributed by atoms with Crippen molar-refractivity contribution in [2.24, 2.45) is 0 Å². The van der Waals surface area contributed by atoms with E-state index in [0.29, 0.717) is 30.7 Å². The second-order valence-electron chi connectivity index (χ2n) is 9.13. The molecule has 0 amide bonds. The maximum atomic E-state index is 13.5. The van der Waals surface area contributed by atoms with Crippen LogP contribution in [-0.4, -0.2) is 72.1 Å². The Labute approximate surface area is 214 Å². The summed E-state index contributed by atoms with van der Waals surface area (Å²) in [5, 5.41) is 26.0. The molecule has 4 N–H and O–H groups in total. The zero-order valence-corrected chi connectivity index (χ0v) is 22.4. The highest BCUT2D eigenvalue weighted by Gasteiger charge is 2.14. The lowest BCUT2D eigenvalue weighted by Crippen LogP contribution is -2.26. The number of aliphatic hydroxyl groups excluding tert-OH is 1. The lowest BCUT2D eigenvalue weighted by atomic mass is 10.0. The van der Waals surface area contributed by atoms with Crippen molar-refractivity contribution in [1.82, 2.24) is 4.90 Å². The van der Waals surface area contributed by atoms with Crippen LogP contribution in [-0.2, 0) is 19.6 Å². The highest BCUT2D eigenvalue weighted by atomic mass is 32.2. The SMILES string of the molecule is CCN(CCCCCC(C)(C)F)CCC[C@H](O)c1ccc(NS(C)(=O)=O)cc1.O=C(O)/C=C/C(=O)O. The van der Waals surface area contributed by atoms with Crippen LogP contribution < -0.4 is 4.72 Å². The Kier molecular flexibility index (Phi) is 15.9. The van der Waals surface area contributed by atoms with Crippen molar-refractivity contribution in [2.45, 2.75) is 71.1 Å². The number of carboxylic acid groups (broad SMARTS) is 2. The number of unbranched alkanes of at least 4 members (excludes halogenated alkanes) is 2. The Morgan fingerprint density at radius 2 is 1.56 bits per heavy atom. The molecule has 1 rings (SSSR count). The summed E-state index contributed by atoms with van der Waals surface area (Å²) in [5.41, 5.74) is 0.210. The second kappa shape index (κ2) is 17.0. The highest BCUT2D eigenvalue weighted by Crippen LogP contribution is 2.21. The van der Waals surface area contributed by atoms with Crippen LogP contribution in [0.2, 0.25) is 0 Å². The number of sulfonamides is 1. The highest BCUT2D eigenvalue weighted by molar-refractivity contribution is 7.92. The van der Waals surface area contributed by atoms with Crippen molar-refractivity contribution in [3.05, 3.63) is 42.0 Å². The van der Waals surface area contributed by atoms with Gasteiger partial charge in [-0.25, -0.2) is 22.4 Å². The Hall–Kier alpha value is -2.50. The fraction of sp³-hybridized carbons (Fsp3) is 0.600. The minimum Gasteiger partial charge on any atom is -0.478 e. The molecule has 11 heteroatoms. The molecule has 36 heavy (non-hydrogen) atoms. The van der Waals surface area contributed by atoms with Gasteiger partial charge < -0.3 is 20.2 Å². The van der Waals surface area contributed by atoms with Gasteiger partial charge in [-0.15, -0.1) is 0 Å². The molecule has 0 saturated heterocycles. The van der Waals surface area contributed by atoms with E-state index >= 15 is 0 Å². The van der Waals surface area contributed by atoms with Crippen LogP contribution >= 0.6 is 0 Å². The second-order valence-corrected chi connectivity index (χ2v) is 10.9. The number of nitrogens with one attached hydrogen (secondary N) is 1. The van der Waals surface area contributed by atoms with E-state index in [1.165, 1.54) is 0 Å². The number of hydrogen-bond donors (Lipinski definition) is 4. The van der Waals surface area contributed by atoms with Gasteiger partial charge in [-0.3, -0.25) is 4.72 Å². The van der Waals surface area contributed by atoms with E-state index in [0.717, 1.165) is 57.1 Å². The Balaban J connectivity index is 0.00000131. The molecule has 0 aliphatic heterocycles. The van der Waals surface area contributed by atoms with Crippen LogP contribution in [0.25, 0.3) is 0 Å². The smallest absolute Gasteiger partial charge is 0.328 e. The number of rotatable bonds is 16. The molecule has 0 saturated carbocycles. The predicted molar refractivity (Wildman–Crippen MR) is 139 cm³/mol. The van der Waals surface area contributed by atoms with Gasteiger partial charge in [0.1, 0.15) is 5.67 Å². The predicted octanol–water partition coefficient (Wildman–Crippen LogP) is 4.21. The first-order valence-electron chi connectivity index (χ1n) is 11.9. The van der Waals surface area contributed by atoms with Crippen LogP contribution in [0.5, 0.6) is 0 Å². The number of aliphatic hydroxyl groups is 1. The van der Waals surface area contributed by atoms with Crippen LogP contribution in [0.4, 0.5) is 10.1 Å². The van der Waals surface area contributed by atoms with Crippen LogP contribution in [0.15, 0.2) is 36.4 Å². The molecule has 0 heterocycles. The fourth-order valence-electron chi connectivity index (χ4n) is 3.29. The zero-order valence-electron chi connectivity index (χ0n) is 21.6. The average Bonchev–Trinajstić information content (AvgIpc) is 2.75. The van der Waals surface area contributed by atoms with Crippen LogP contribution in [0, 0.1) is 0 Å². The number of aliphatic carboxylic acids is 2. The number of nitrogens with zero attached hydrogens (tertiary/aromatic N) is 1. The standard InChI is InChI=1S/C21H37FN2O3S.C4H4O4/c1-5-24(16-8-6-7-15-21(2,3)22)17-9-10-20(25)18-11-13-19(14-12-18)23-28(4,26)27;5-3(6)1-2-4(7)8/h11-14,20,23,25H,5-10,15-17H2,1-4H3;1-2H,(H,5,6)(H,7,8)/b;2-1+/t20-;/m0./s1. The van der Waals surface area contributed by atoms with E-state index in [4.69, 9.17) is 10.2 Å². The molecule has 0 spiro atoms. The number of carboxylic acids is 2. The van der Waals surface area contributed by atoms with Gasteiger partial charge in [0.05, 0.1) is 12.4 Å². The van der Waals surface area contributed by atoms with Gasteiger partial charge in [-0.1, -0.05) is 31.9 Å². The lowest BCUT2D eigenvalue weighted by molar-refractivity contribution is -0.134. The minimum atomic E-state index is -3.29. The quantitative estimate of drug-likeness (QED) is 0.183. The van der Waals surface area contributed by atoms with Gasteiger partial charge >= 0.3 is 11.9 Å². The van der Waals surface area contributed by atoms with Crippen molar-refractivity contribution in [1.29, 1.82) is 0 Å². The molecular weight excluding hydrogens is 491 g/mol. The largest absolute Gasteiger partial charge is 0.478 e. The molecule has 0 fully saturated rings. The van der Waals surface area contributed by atoms with E-state index < -0.39 is 33.7 Å². The normalized spacial score (nSPS) is 12.8. The summed E-state index contributed by atoms with van der Waals surface area (Å²) in [4.78, 5) is 21.5. The van der Waals surface area contributed by atoms with Crippen LogP contribution in [0.3, 0.4) is 0 Å². The summed E-state index contributed by atoms with van der Waals surface area (Å²) >= 11 is 0. The van der Waals surface area contributed by atoms with E-state index in [-0.39, 0.29) is 0 Å². The first-order chi connectivity index (χ1) is 16.6. The third kappa shape index (κ3) is 19.8. The number of hydrogen-bond acceptors (Lipinski definition) is 6. The zero-order chi connectivity index (χ0) is 27.8. The van der Waals surface area contributed by atoms with Gasteiger partial charge in [0.2, 0.25) is 10.0 Å². The van der Waals surface area contributed by atoms with Gasteiger partial charge in [0.15, 0.2) is 0 Å². The van der Waals surface area contributed by atoms with Crippen molar-refractivity contribution in [3.63, 3.8) is 0 Å². The summed E-state index contributed by atoms with van der Waals surface area (Å²) in [6.07, 6.45) is 6.86. The maximum Gasteiger partial charge on any atom is 0.328 e. The first kappa shape index (κ1) is 33.5. The van der Waals surface area contributed by atoms with Crippen LogP contribution in [0.1, 0.15) is 71.0 Å². The minimum absolute atomic E-state index is 0.492. The molecular formula is C25H41FN2O7S.